The number of nitrogens with zero attached hydrogens (tertiary/aromatic N) is 5. The van der Waals surface area contributed by atoms with Gasteiger partial charge in [0.25, 0.3) is 0 Å². The van der Waals surface area contributed by atoms with Crippen LogP contribution in [0.4, 0.5) is 10.5 Å². The predicted molar refractivity (Wildman–Crippen MR) is 111 cm³/mol. The summed E-state index contributed by atoms with van der Waals surface area (Å²) in [7, 11) is 0. The maximum atomic E-state index is 12.3. The Labute approximate surface area is 168 Å². The Morgan fingerprint density at radius 2 is 2.00 bits per heavy atom. The van der Waals surface area contributed by atoms with Gasteiger partial charge in [0, 0.05) is 36.7 Å². The number of hydrogen-bond donors (Lipinski definition) is 2. The molecule has 3 heterocycles. The molecule has 1 aromatic carbocycles. The normalized spacial score (nSPS) is 11.1. The van der Waals surface area contributed by atoms with Gasteiger partial charge in [-0.25, -0.2) is 9.78 Å². The number of fused-ring (bicyclic) bond motifs is 1. The first-order chi connectivity index (χ1) is 14.1. The van der Waals surface area contributed by atoms with Crippen molar-refractivity contribution in [3.63, 3.8) is 0 Å². The van der Waals surface area contributed by atoms with E-state index >= 15 is 0 Å². The lowest BCUT2D eigenvalue weighted by Gasteiger charge is -2.12. The molecule has 148 valence electrons. The first-order valence-corrected chi connectivity index (χ1v) is 9.53. The van der Waals surface area contributed by atoms with Crippen molar-refractivity contribution in [2.24, 2.45) is 0 Å². The van der Waals surface area contributed by atoms with Crippen molar-refractivity contribution in [3.8, 4) is 0 Å². The quantitative estimate of drug-likeness (QED) is 0.529. The Hall–Kier alpha value is -3.68. The van der Waals surface area contributed by atoms with Crippen LogP contribution in [0.25, 0.3) is 5.65 Å². The van der Waals surface area contributed by atoms with Gasteiger partial charge in [-0.05, 0) is 29.8 Å². The summed E-state index contributed by atoms with van der Waals surface area (Å²) in [6.45, 7) is 5.24. The van der Waals surface area contributed by atoms with Crippen LogP contribution in [-0.4, -0.2) is 30.2 Å². The van der Waals surface area contributed by atoms with Crippen LogP contribution in [0, 0.1) is 0 Å². The maximum Gasteiger partial charge on any atom is 0.319 e. The van der Waals surface area contributed by atoms with E-state index in [4.69, 9.17) is 0 Å². The number of amides is 2. The molecule has 3 aromatic heterocycles. The molecular formula is C21H23N7O. The predicted octanol–water partition coefficient (Wildman–Crippen LogP) is 3.42. The summed E-state index contributed by atoms with van der Waals surface area (Å²) in [5, 5.41) is 13.9. The molecule has 0 spiro atoms. The van der Waals surface area contributed by atoms with Crippen molar-refractivity contribution in [2.75, 3.05) is 5.32 Å². The van der Waals surface area contributed by atoms with E-state index in [0.29, 0.717) is 18.3 Å². The Balaban J connectivity index is 1.38. The number of pyridine rings is 1. The van der Waals surface area contributed by atoms with Gasteiger partial charge in [-0.1, -0.05) is 32.0 Å². The molecular weight excluding hydrogens is 366 g/mol. The molecule has 0 saturated carbocycles. The second-order valence-corrected chi connectivity index (χ2v) is 7.12. The third-order valence-electron chi connectivity index (χ3n) is 4.59. The fourth-order valence-electron chi connectivity index (χ4n) is 3.25. The van der Waals surface area contributed by atoms with Crippen LogP contribution in [-0.2, 0) is 13.1 Å². The van der Waals surface area contributed by atoms with Crippen LogP contribution in [0.5, 0.6) is 0 Å². The van der Waals surface area contributed by atoms with E-state index in [2.05, 4.69) is 44.2 Å². The van der Waals surface area contributed by atoms with Gasteiger partial charge < -0.3 is 15.2 Å². The van der Waals surface area contributed by atoms with E-state index in [0.717, 1.165) is 22.7 Å². The number of carbonyl (C=O) groups is 1. The van der Waals surface area contributed by atoms with E-state index in [9.17, 15) is 4.79 Å². The second kappa shape index (κ2) is 8.14. The van der Waals surface area contributed by atoms with E-state index < -0.39 is 0 Å². The fourth-order valence-corrected chi connectivity index (χ4v) is 3.25. The Bertz CT molecular complexity index is 1130. The van der Waals surface area contributed by atoms with Crippen LogP contribution in [0.2, 0.25) is 0 Å². The third kappa shape index (κ3) is 4.26. The van der Waals surface area contributed by atoms with Gasteiger partial charge in [-0.15, -0.1) is 10.2 Å². The average Bonchev–Trinajstić information content (AvgIpc) is 3.33. The van der Waals surface area contributed by atoms with E-state index in [1.165, 1.54) is 0 Å². The lowest BCUT2D eigenvalue weighted by molar-refractivity contribution is 0.251. The molecule has 0 bridgehead atoms. The summed E-state index contributed by atoms with van der Waals surface area (Å²) in [5.74, 6) is 2.07. The first kappa shape index (κ1) is 18.7. The number of urea groups is 1. The molecule has 0 aliphatic carbocycles. The Morgan fingerprint density at radius 3 is 2.86 bits per heavy atom. The summed E-state index contributed by atoms with van der Waals surface area (Å²) in [6, 6.07) is 13.2. The van der Waals surface area contributed by atoms with Crippen molar-refractivity contribution >= 4 is 17.4 Å². The monoisotopic (exact) mass is 389 g/mol. The van der Waals surface area contributed by atoms with Crippen LogP contribution in [0.15, 0.2) is 61.1 Å². The molecule has 2 amide bonds. The molecule has 0 atom stereocenters. The van der Waals surface area contributed by atoms with Gasteiger partial charge in [0.15, 0.2) is 11.5 Å². The van der Waals surface area contributed by atoms with Gasteiger partial charge >= 0.3 is 6.03 Å². The van der Waals surface area contributed by atoms with Crippen LogP contribution < -0.4 is 10.6 Å². The standard InChI is InChI=1S/C21H23N7O/c1-15(2)20-22-9-11-27(20)14-16-6-5-7-17(12-16)24-21(29)23-13-19-26-25-18-8-3-4-10-28(18)19/h3-12,15H,13-14H2,1-2H3,(H2,23,24,29). The zero-order valence-corrected chi connectivity index (χ0v) is 16.4. The number of nitrogens with one attached hydrogen (secondary N) is 2. The lowest BCUT2D eigenvalue weighted by Crippen LogP contribution is -2.29. The minimum absolute atomic E-state index is 0.281. The van der Waals surface area contributed by atoms with E-state index in [1.807, 2.05) is 65.5 Å². The third-order valence-corrected chi connectivity index (χ3v) is 4.59. The number of rotatable bonds is 6. The van der Waals surface area contributed by atoms with Gasteiger partial charge in [0.1, 0.15) is 5.82 Å². The molecule has 4 rings (SSSR count). The topological polar surface area (TPSA) is 89.1 Å². The molecule has 8 heteroatoms. The van der Waals surface area contributed by atoms with E-state index in [1.54, 1.807) is 0 Å². The van der Waals surface area contributed by atoms with Gasteiger partial charge in [0.05, 0.1) is 6.54 Å². The first-order valence-electron chi connectivity index (χ1n) is 9.53. The van der Waals surface area contributed by atoms with Crippen molar-refractivity contribution in [1.29, 1.82) is 0 Å². The molecule has 8 nitrogen and oxygen atoms in total. The summed E-state index contributed by atoms with van der Waals surface area (Å²) < 4.78 is 3.97. The number of carbonyl (C=O) groups excluding carboxylic acids is 1. The molecule has 0 fully saturated rings. The van der Waals surface area contributed by atoms with Gasteiger partial charge in [-0.2, -0.15) is 0 Å². The van der Waals surface area contributed by atoms with Crippen LogP contribution in [0.1, 0.15) is 37.0 Å². The maximum absolute atomic E-state index is 12.3. The minimum Gasteiger partial charge on any atom is -0.331 e. The number of imidazole rings is 1. The molecule has 4 aromatic rings. The molecule has 0 unspecified atom stereocenters. The molecule has 0 aliphatic heterocycles. The zero-order valence-electron chi connectivity index (χ0n) is 16.4. The number of anilines is 1. The molecule has 2 N–H and O–H groups in total. The SMILES string of the molecule is CC(C)c1nccn1Cc1cccc(NC(=O)NCc2nnc3ccccn23)c1. The average molecular weight is 389 g/mol. The highest BCUT2D eigenvalue weighted by Gasteiger charge is 2.09. The van der Waals surface area contributed by atoms with Gasteiger partial charge in [-0.3, -0.25) is 4.40 Å². The summed E-state index contributed by atoms with van der Waals surface area (Å²) in [4.78, 5) is 16.7. The summed E-state index contributed by atoms with van der Waals surface area (Å²) in [6.07, 6.45) is 5.67. The van der Waals surface area contributed by atoms with Crippen molar-refractivity contribution < 1.29 is 4.79 Å². The lowest BCUT2D eigenvalue weighted by atomic mass is 10.1. The van der Waals surface area contributed by atoms with Crippen molar-refractivity contribution in [1.82, 2.24) is 29.5 Å². The highest BCUT2D eigenvalue weighted by molar-refractivity contribution is 5.89. The van der Waals surface area contributed by atoms with Crippen molar-refractivity contribution in [2.45, 2.75) is 32.9 Å². The molecule has 0 saturated heterocycles. The second-order valence-electron chi connectivity index (χ2n) is 7.12. The number of benzene rings is 1. The zero-order chi connectivity index (χ0) is 20.2. The highest BCUT2D eigenvalue weighted by atomic mass is 16.2. The fraction of sp³-hybridized carbons (Fsp3) is 0.238. The number of aromatic nitrogens is 5. The van der Waals surface area contributed by atoms with Crippen molar-refractivity contribution in [3.05, 3.63) is 78.3 Å². The van der Waals surface area contributed by atoms with Gasteiger partial charge in [0.2, 0.25) is 0 Å². The number of hydrogen-bond acceptors (Lipinski definition) is 4. The van der Waals surface area contributed by atoms with Crippen LogP contribution in [0.3, 0.4) is 0 Å². The largest absolute Gasteiger partial charge is 0.331 e. The van der Waals surface area contributed by atoms with Crippen LogP contribution >= 0.6 is 0 Å². The molecule has 29 heavy (non-hydrogen) atoms. The highest BCUT2D eigenvalue weighted by Crippen LogP contribution is 2.16. The minimum atomic E-state index is -0.291. The Kier molecular flexibility index (Phi) is 5.24. The van der Waals surface area contributed by atoms with E-state index in [-0.39, 0.29) is 12.6 Å². The summed E-state index contributed by atoms with van der Waals surface area (Å²) in [5.41, 5.74) is 2.57. The smallest absolute Gasteiger partial charge is 0.319 e. The summed E-state index contributed by atoms with van der Waals surface area (Å²) >= 11 is 0. The Morgan fingerprint density at radius 1 is 1.10 bits per heavy atom. The molecule has 0 radical (unpaired) electrons. The molecule has 0 aliphatic rings.